The van der Waals surface area contributed by atoms with E-state index >= 15 is 0 Å². The molecule has 0 aromatic heterocycles. The number of fused-ring (bicyclic) bond motifs is 1. The third-order valence-electron chi connectivity index (χ3n) is 6.19. The summed E-state index contributed by atoms with van der Waals surface area (Å²) in [5.74, 6) is 2.12. The molecule has 28 heavy (non-hydrogen) atoms. The molecule has 5 atom stereocenters. The average molecular weight is 421 g/mol. The van der Waals surface area contributed by atoms with Crippen molar-refractivity contribution >= 4 is 35.1 Å². The van der Waals surface area contributed by atoms with Gasteiger partial charge in [0.15, 0.2) is 5.78 Å². The monoisotopic (exact) mass is 420 g/mol. The first kappa shape index (κ1) is 20.4. The van der Waals surface area contributed by atoms with Crippen LogP contribution in [-0.4, -0.2) is 57.6 Å². The van der Waals surface area contributed by atoms with Crippen molar-refractivity contribution in [2.24, 2.45) is 5.92 Å². The number of aliphatic hydroxyl groups is 1. The van der Waals surface area contributed by atoms with Gasteiger partial charge in [-0.3, -0.25) is 14.9 Å². The van der Waals surface area contributed by atoms with E-state index in [1.807, 2.05) is 0 Å². The van der Waals surface area contributed by atoms with Crippen molar-refractivity contribution in [1.82, 2.24) is 10.6 Å². The van der Waals surface area contributed by atoms with Crippen molar-refractivity contribution in [2.45, 2.75) is 54.7 Å². The van der Waals surface area contributed by atoms with E-state index in [0.29, 0.717) is 24.1 Å². The summed E-state index contributed by atoms with van der Waals surface area (Å²) in [6.07, 6.45) is 4.76. The molecule has 0 bridgehead atoms. The van der Waals surface area contributed by atoms with Crippen LogP contribution in [0.4, 0.5) is 0 Å². The Morgan fingerprint density at radius 1 is 1.07 bits per heavy atom. The minimum Gasteiger partial charge on any atom is -0.395 e. The van der Waals surface area contributed by atoms with Crippen LogP contribution < -0.4 is 10.6 Å². The van der Waals surface area contributed by atoms with Gasteiger partial charge in [-0.2, -0.15) is 0 Å². The normalized spacial score (nSPS) is 32.2. The Kier molecular flexibility index (Phi) is 6.78. The predicted molar refractivity (Wildman–Crippen MR) is 115 cm³/mol. The first-order valence-electron chi connectivity index (χ1n) is 10.1. The summed E-state index contributed by atoms with van der Waals surface area (Å²) in [6.45, 7) is -0.0506. The minimum atomic E-state index is -0.420. The molecule has 0 radical (unpaired) electrons. The van der Waals surface area contributed by atoms with Crippen molar-refractivity contribution in [1.29, 1.82) is 0 Å². The van der Waals surface area contributed by atoms with Crippen LogP contribution in [0.5, 0.6) is 0 Å². The van der Waals surface area contributed by atoms with Crippen LogP contribution >= 0.6 is 23.5 Å². The number of thioether (sulfide) groups is 2. The largest absolute Gasteiger partial charge is 0.395 e. The molecule has 152 valence electrons. The van der Waals surface area contributed by atoms with Crippen LogP contribution in [0.15, 0.2) is 24.3 Å². The summed E-state index contributed by atoms with van der Waals surface area (Å²) in [7, 11) is 0. The fourth-order valence-electron chi connectivity index (χ4n) is 4.55. The van der Waals surface area contributed by atoms with Crippen LogP contribution in [0.2, 0.25) is 0 Å². The number of carbonyl (C=O) groups is 2. The van der Waals surface area contributed by atoms with Crippen LogP contribution in [0.3, 0.4) is 0 Å². The van der Waals surface area contributed by atoms with Crippen LogP contribution in [-0.2, 0) is 22.4 Å². The lowest BCUT2D eigenvalue weighted by molar-refractivity contribution is -0.125. The molecular formula is C21H28N2O3S2. The smallest absolute Gasteiger partial charge is 0.165 e. The Balaban J connectivity index is 1.32. The Bertz CT molecular complexity index is 729. The second-order valence-corrected chi connectivity index (χ2v) is 10.2. The third-order valence-corrected chi connectivity index (χ3v) is 8.67. The van der Waals surface area contributed by atoms with Gasteiger partial charge < -0.3 is 10.4 Å². The van der Waals surface area contributed by atoms with E-state index in [1.165, 1.54) is 22.9 Å². The standard InChI is InChI=1S/C21H28N2O3S2/c24-10-16-20(27-11-22-16)19(26)18-21(28-12-23-18)17(25)8-6-13-5-7-14-3-1-2-4-15(14)9-13/h1-4,13,16,18,20-24H,5-12H2/t13-,16+,18+,20?,21?/m0/s1. The first-order chi connectivity index (χ1) is 13.7. The number of benzene rings is 1. The molecule has 1 aromatic rings. The van der Waals surface area contributed by atoms with Crippen LogP contribution in [0.25, 0.3) is 0 Å². The maximum absolute atomic E-state index is 13.0. The molecule has 2 fully saturated rings. The van der Waals surface area contributed by atoms with E-state index < -0.39 is 6.04 Å². The lowest BCUT2D eigenvalue weighted by atomic mass is 9.81. The van der Waals surface area contributed by atoms with Gasteiger partial charge in [0.2, 0.25) is 0 Å². The lowest BCUT2D eigenvalue weighted by Gasteiger charge is -2.25. The summed E-state index contributed by atoms with van der Waals surface area (Å²) in [6, 6.07) is 7.99. The van der Waals surface area contributed by atoms with E-state index in [1.54, 1.807) is 11.8 Å². The van der Waals surface area contributed by atoms with Gasteiger partial charge in [-0.1, -0.05) is 24.3 Å². The Morgan fingerprint density at radius 2 is 1.82 bits per heavy atom. The van der Waals surface area contributed by atoms with Crippen molar-refractivity contribution in [3.05, 3.63) is 35.4 Å². The topological polar surface area (TPSA) is 78.4 Å². The van der Waals surface area contributed by atoms with Gasteiger partial charge in [-0.15, -0.1) is 23.5 Å². The fourth-order valence-corrected chi connectivity index (χ4v) is 6.95. The van der Waals surface area contributed by atoms with Gasteiger partial charge in [0.05, 0.1) is 23.1 Å². The number of aliphatic hydroxyl groups excluding tert-OH is 1. The van der Waals surface area contributed by atoms with E-state index in [-0.39, 0.29) is 34.7 Å². The molecule has 1 aromatic carbocycles. The summed E-state index contributed by atoms with van der Waals surface area (Å²) in [5, 5.41) is 15.3. The van der Waals surface area contributed by atoms with Crippen molar-refractivity contribution in [3.63, 3.8) is 0 Å². The predicted octanol–water partition coefficient (Wildman–Crippen LogP) is 1.76. The molecule has 2 saturated heterocycles. The molecule has 5 nitrogen and oxygen atoms in total. The number of aryl methyl sites for hydroxylation is 1. The highest BCUT2D eigenvalue weighted by Gasteiger charge is 2.44. The second-order valence-electron chi connectivity index (χ2n) is 7.92. The molecule has 7 heteroatoms. The Hall–Kier alpha value is -0.860. The molecule has 1 aliphatic carbocycles. The van der Waals surface area contributed by atoms with Gasteiger partial charge in [0.25, 0.3) is 0 Å². The van der Waals surface area contributed by atoms with E-state index in [4.69, 9.17) is 0 Å². The SMILES string of the molecule is O=C(CC[C@@H]1CCc2ccccc2C1)C1SCN[C@@H]1C(=O)C1SCN[C@@H]1CO. The summed E-state index contributed by atoms with van der Waals surface area (Å²) in [5.41, 5.74) is 2.88. The van der Waals surface area contributed by atoms with Gasteiger partial charge >= 0.3 is 0 Å². The zero-order chi connectivity index (χ0) is 19.5. The number of carbonyl (C=O) groups excluding carboxylic acids is 2. The van der Waals surface area contributed by atoms with Crippen LogP contribution in [0.1, 0.15) is 30.4 Å². The average Bonchev–Trinajstić information content (AvgIpc) is 3.40. The number of rotatable bonds is 7. The molecule has 0 amide bonds. The quantitative estimate of drug-likeness (QED) is 0.620. The molecule has 3 aliphatic rings. The van der Waals surface area contributed by atoms with Crippen LogP contribution in [0, 0.1) is 5.92 Å². The first-order valence-corrected chi connectivity index (χ1v) is 12.2. The minimum absolute atomic E-state index is 0.0506. The maximum atomic E-state index is 13.0. The van der Waals surface area contributed by atoms with Gasteiger partial charge in [-0.25, -0.2) is 0 Å². The summed E-state index contributed by atoms with van der Waals surface area (Å²) >= 11 is 3.09. The number of hydrogen-bond donors (Lipinski definition) is 3. The number of ketones is 2. The van der Waals surface area contributed by atoms with E-state index in [9.17, 15) is 14.7 Å². The highest BCUT2D eigenvalue weighted by atomic mass is 32.2. The van der Waals surface area contributed by atoms with Gasteiger partial charge in [0.1, 0.15) is 5.78 Å². The Morgan fingerprint density at radius 3 is 2.64 bits per heavy atom. The van der Waals surface area contributed by atoms with Gasteiger partial charge in [0, 0.05) is 24.2 Å². The second kappa shape index (κ2) is 9.30. The Labute approximate surface area is 174 Å². The highest BCUT2D eigenvalue weighted by Crippen LogP contribution is 2.32. The summed E-state index contributed by atoms with van der Waals surface area (Å²) < 4.78 is 0. The third kappa shape index (κ3) is 4.33. The summed E-state index contributed by atoms with van der Waals surface area (Å²) in [4.78, 5) is 25.9. The number of hydrogen-bond acceptors (Lipinski definition) is 7. The van der Waals surface area contributed by atoms with Gasteiger partial charge in [-0.05, 0) is 42.7 Å². The lowest BCUT2D eigenvalue weighted by Crippen LogP contribution is -2.50. The zero-order valence-corrected chi connectivity index (χ0v) is 17.6. The molecule has 2 heterocycles. The van der Waals surface area contributed by atoms with E-state index in [0.717, 1.165) is 25.7 Å². The molecule has 0 spiro atoms. The molecule has 0 saturated carbocycles. The van der Waals surface area contributed by atoms with Crippen molar-refractivity contribution in [3.8, 4) is 0 Å². The fraction of sp³-hybridized carbons (Fsp3) is 0.619. The highest BCUT2D eigenvalue weighted by molar-refractivity contribution is 8.01. The number of nitrogens with one attached hydrogen (secondary N) is 2. The van der Waals surface area contributed by atoms with E-state index in [2.05, 4.69) is 34.9 Å². The molecule has 3 N–H and O–H groups in total. The van der Waals surface area contributed by atoms with Crippen molar-refractivity contribution < 1.29 is 14.7 Å². The number of Topliss-reactive ketones (excluding diaryl/α,β-unsaturated/α-hetero) is 2. The zero-order valence-electron chi connectivity index (χ0n) is 15.9. The maximum Gasteiger partial charge on any atom is 0.165 e. The molecule has 2 aliphatic heterocycles. The van der Waals surface area contributed by atoms with Crippen molar-refractivity contribution in [2.75, 3.05) is 18.4 Å². The molecular weight excluding hydrogens is 392 g/mol. The molecule has 2 unspecified atom stereocenters. The molecule has 4 rings (SSSR count).